The Hall–Kier alpha value is -2.48. The molecule has 2 aromatic rings. The molecule has 3 heterocycles. The molecular weight excluding hydrogens is 328 g/mol. The predicted octanol–water partition coefficient (Wildman–Crippen LogP) is 1.01. The number of hydrogen-bond donors (Lipinski definition) is 2. The number of carbonyl (C=O) groups excluding carboxylic acids is 1. The quantitative estimate of drug-likeness (QED) is 0.838. The van der Waals surface area contributed by atoms with Gasteiger partial charge in [-0.2, -0.15) is 0 Å². The number of nitrogens with one attached hydrogen (secondary N) is 2. The Morgan fingerprint density at radius 3 is 2.71 bits per heavy atom. The fraction of sp³-hybridized carbons (Fsp3) is 0.312. The molecule has 1 saturated heterocycles. The molecule has 1 unspecified atom stereocenters. The smallest absolute Gasteiger partial charge is 0.270 e. The fourth-order valence-electron chi connectivity index (χ4n) is 2.52. The second-order valence-electron chi connectivity index (χ2n) is 5.68. The van der Waals surface area contributed by atoms with E-state index in [1.54, 1.807) is 24.5 Å². The van der Waals surface area contributed by atoms with E-state index < -0.39 is 9.84 Å². The highest BCUT2D eigenvalue weighted by molar-refractivity contribution is 7.91. The highest BCUT2D eigenvalue weighted by atomic mass is 32.2. The van der Waals surface area contributed by atoms with Crippen molar-refractivity contribution < 1.29 is 13.2 Å². The monoisotopic (exact) mass is 346 g/mol. The van der Waals surface area contributed by atoms with Gasteiger partial charge in [-0.15, -0.1) is 0 Å². The van der Waals surface area contributed by atoms with Gasteiger partial charge in [-0.05, 0) is 30.7 Å². The zero-order valence-corrected chi connectivity index (χ0v) is 13.8. The normalized spacial score (nSPS) is 18.9. The van der Waals surface area contributed by atoms with Crippen molar-refractivity contribution in [3.8, 4) is 0 Å². The highest BCUT2D eigenvalue weighted by Crippen LogP contribution is 2.17. The predicted molar refractivity (Wildman–Crippen MR) is 90.3 cm³/mol. The van der Waals surface area contributed by atoms with Gasteiger partial charge in [0, 0.05) is 12.2 Å². The summed E-state index contributed by atoms with van der Waals surface area (Å²) < 4.78 is 22.9. The van der Waals surface area contributed by atoms with E-state index in [1.807, 2.05) is 18.2 Å². The summed E-state index contributed by atoms with van der Waals surface area (Å²) in [5, 5.41) is 5.89. The van der Waals surface area contributed by atoms with E-state index in [9.17, 15) is 13.2 Å². The van der Waals surface area contributed by atoms with Crippen molar-refractivity contribution in [2.75, 3.05) is 16.8 Å². The first-order chi connectivity index (χ1) is 11.5. The number of hydrogen-bond acceptors (Lipinski definition) is 6. The van der Waals surface area contributed by atoms with Crippen molar-refractivity contribution in [3.05, 3.63) is 54.1 Å². The Bertz CT molecular complexity index is 807. The van der Waals surface area contributed by atoms with E-state index >= 15 is 0 Å². The lowest BCUT2D eigenvalue weighted by Gasteiger charge is -2.12. The van der Waals surface area contributed by atoms with Gasteiger partial charge in [-0.1, -0.05) is 6.07 Å². The minimum Gasteiger partial charge on any atom is -0.380 e. The largest absolute Gasteiger partial charge is 0.380 e. The van der Waals surface area contributed by atoms with E-state index in [1.165, 1.54) is 0 Å². The Morgan fingerprint density at radius 2 is 2.08 bits per heavy atom. The molecule has 8 heteroatoms. The third-order valence-electron chi connectivity index (χ3n) is 3.76. The van der Waals surface area contributed by atoms with Crippen LogP contribution in [0.2, 0.25) is 0 Å². The van der Waals surface area contributed by atoms with E-state index in [0.717, 1.165) is 5.69 Å². The van der Waals surface area contributed by atoms with Crippen LogP contribution in [0, 0.1) is 0 Å². The number of carbonyl (C=O) groups is 1. The molecule has 2 aromatic heterocycles. The van der Waals surface area contributed by atoms with Crippen LogP contribution in [0.15, 0.2) is 42.7 Å². The van der Waals surface area contributed by atoms with Crippen LogP contribution < -0.4 is 10.6 Å². The first-order valence-corrected chi connectivity index (χ1v) is 9.45. The van der Waals surface area contributed by atoms with Gasteiger partial charge in [-0.3, -0.25) is 9.78 Å². The molecule has 1 aliphatic rings. The molecule has 1 atom stereocenters. The molecule has 2 N–H and O–H groups in total. The van der Waals surface area contributed by atoms with Gasteiger partial charge < -0.3 is 10.6 Å². The highest BCUT2D eigenvalue weighted by Gasteiger charge is 2.27. The van der Waals surface area contributed by atoms with Gasteiger partial charge in [0.1, 0.15) is 5.69 Å². The standard InChI is InChI=1S/C16H18N4O3S/c21-16(19-9-12-3-1-2-7-17-12)15-5-4-13(10-18-15)20-14-6-8-24(22,23)11-14/h1-5,7,10,14,20H,6,8-9,11H2,(H,19,21). The second kappa shape index (κ2) is 6.96. The van der Waals surface area contributed by atoms with Gasteiger partial charge >= 0.3 is 0 Å². The molecule has 126 valence electrons. The van der Waals surface area contributed by atoms with Crippen molar-refractivity contribution in [2.24, 2.45) is 0 Å². The van der Waals surface area contributed by atoms with Crippen LogP contribution in [-0.2, 0) is 16.4 Å². The average Bonchev–Trinajstić information content (AvgIpc) is 2.93. The van der Waals surface area contributed by atoms with Crippen LogP contribution in [0.4, 0.5) is 5.69 Å². The van der Waals surface area contributed by atoms with Crippen LogP contribution >= 0.6 is 0 Å². The summed E-state index contributed by atoms with van der Waals surface area (Å²) in [4.78, 5) is 20.3. The Labute approximate surface area is 140 Å². The summed E-state index contributed by atoms with van der Waals surface area (Å²) in [6.45, 7) is 0.335. The summed E-state index contributed by atoms with van der Waals surface area (Å²) in [7, 11) is -2.92. The maximum atomic E-state index is 12.1. The van der Waals surface area contributed by atoms with Gasteiger partial charge in [-0.25, -0.2) is 13.4 Å². The lowest BCUT2D eigenvalue weighted by atomic mass is 10.2. The summed E-state index contributed by atoms with van der Waals surface area (Å²) in [6.07, 6.45) is 3.80. The fourth-order valence-corrected chi connectivity index (χ4v) is 4.20. The zero-order chi connectivity index (χ0) is 17.0. The van der Waals surface area contributed by atoms with Crippen molar-refractivity contribution in [3.63, 3.8) is 0 Å². The molecule has 0 radical (unpaired) electrons. The molecule has 24 heavy (non-hydrogen) atoms. The molecule has 0 bridgehead atoms. The number of pyridine rings is 2. The topological polar surface area (TPSA) is 101 Å². The molecule has 0 aliphatic carbocycles. The molecule has 1 aliphatic heterocycles. The minimum absolute atomic E-state index is 0.0966. The van der Waals surface area contributed by atoms with Gasteiger partial charge in [0.05, 0.1) is 35.6 Å². The number of amides is 1. The maximum absolute atomic E-state index is 12.1. The van der Waals surface area contributed by atoms with Gasteiger partial charge in [0.2, 0.25) is 0 Å². The third kappa shape index (κ3) is 4.29. The summed E-state index contributed by atoms with van der Waals surface area (Å²) in [6, 6.07) is 8.74. The molecule has 0 aromatic carbocycles. The molecule has 0 saturated carbocycles. The third-order valence-corrected chi connectivity index (χ3v) is 5.52. The Balaban J connectivity index is 1.55. The SMILES string of the molecule is O=C(NCc1ccccn1)c1ccc(NC2CCS(=O)(=O)C2)cn1. The maximum Gasteiger partial charge on any atom is 0.270 e. The number of sulfone groups is 1. The summed E-state index contributed by atoms with van der Waals surface area (Å²) in [5.74, 6) is 0.0708. The van der Waals surface area contributed by atoms with E-state index in [4.69, 9.17) is 0 Å². The number of aromatic nitrogens is 2. The Kier molecular flexibility index (Phi) is 4.75. The lowest BCUT2D eigenvalue weighted by Crippen LogP contribution is -2.24. The minimum atomic E-state index is -2.92. The van der Waals surface area contributed by atoms with Crippen LogP contribution in [0.3, 0.4) is 0 Å². The molecule has 0 spiro atoms. The van der Waals surface area contributed by atoms with E-state index in [-0.39, 0.29) is 23.5 Å². The van der Waals surface area contributed by atoms with E-state index in [2.05, 4.69) is 20.6 Å². The van der Waals surface area contributed by atoms with Crippen LogP contribution in [0.1, 0.15) is 22.6 Å². The molecule has 1 fully saturated rings. The average molecular weight is 346 g/mol. The number of anilines is 1. The zero-order valence-electron chi connectivity index (χ0n) is 13.0. The number of nitrogens with zero attached hydrogens (tertiary/aromatic N) is 2. The molecule has 3 rings (SSSR count). The van der Waals surface area contributed by atoms with Crippen LogP contribution in [-0.4, -0.2) is 41.8 Å². The lowest BCUT2D eigenvalue weighted by molar-refractivity contribution is 0.0945. The van der Waals surface area contributed by atoms with Crippen LogP contribution in [0.25, 0.3) is 0 Å². The molecular formula is C16H18N4O3S. The first kappa shape index (κ1) is 16.4. The van der Waals surface area contributed by atoms with Crippen molar-refractivity contribution in [2.45, 2.75) is 19.0 Å². The first-order valence-electron chi connectivity index (χ1n) is 7.63. The van der Waals surface area contributed by atoms with Crippen LogP contribution in [0.5, 0.6) is 0 Å². The van der Waals surface area contributed by atoms with Gasteiger partial charge in [0.15, 0.2) is 9.84 Å². The van der Waals surface area contributed by atoms with Crippen molar-refractivity contribution in [1.82, 2.24) is 15.3 Å². The summed E-state index contributed by atoms with van der Waals surface area (Å²) >= 11 is 0. The van der Waals surface area contributed by atoms with Gasteiger partial charge in [0.25, 0.3) is 5.91 Å². The van der Waals surface area contributed by atoms with Crippen molar-refractivity contribution in [1.29, 1.82) is 0 Å². The van der Waals surface area contributed by atoms with Crippen molar-refractivity contribution >= 4 is 21.4 Å². The van der Waals surface area contributed by atoms with E-state index in [0.29, 0.717) is 24.3 Å². The molecule has 1 amide bonds. The second-order valence-corrected chi connectivity index (χ2v) is 7.91. The summed E-state index contributed by atoms with van der Waals surface area (Å²) in [5.41, 5.74) is 1.78. The molecule has 7 nitrogen and oxygen atoms in total. The Morgan fingerprint density at radius 1 is 1.21 bits per heavy atom. The number of rotatable bonds is 5.